The number of fused-ring (bicyclic) bond motifs is 1. The Labute approximate surface area is 179 Å². The second-order valence-corrected chi connectivity index (χ2v) is 8.22. The lowest BCUT2D eigenvalue weighted by Gasteiger charge is -2.27. The van der Waals surface area contributed by atoms with Gasteiger partial charge in [0.1, 0.15) is 19.0 Å². The number of aliphatic hydroxyl groups excluding tert-OH is 1. The number of aromatic nitrogens is 5. The molecule has 0 aliphatic carbocycles. The number of likely N-dealkylation sites (tertiary alicyclic amines) is 1. The monoisotopic (exact) mass is 430 g/mol. The van der Waals surface area contributed by atoms with Crippen LogP contribution in [0.15, 0.2) is 24.7 Å². The largest absolute Gasteiger partial charge is 0.469 e. The summed E-state index contributed by atoms with van der Waals surface area (Å²) >= 11 is 0. The first-order valence-corrected chi connectivity index (χ1v) is 10.6. The fourth-order valence-corrected chi connectivity index (χ4v) is 4.21. The lowest BCUT2D eigenvalue weighted by molar-refractivity contribution is 0.0722. The van der Waals surface area contributed by atoms with E-state index in [2.05, 4.69) is 37.6 Å². The van der Waals surface area contributed by atoms with Crippen molar-refractivity contribution in [3.63, 3.8) is 0 Å². The van der Waals surface area contributed by atoms with Crippen LogP contribution in [0.25, 0.3) is 11.0 Å². The number of alkyl halides is 1. The fourth-order valence-electron chi connectivity index (χ4n) is 4.21. The van der Waals surface area contributed by atoms with Crippen molar-refractivity contribution >= 4 is 22.7 Å². The summed E-state index contributed by atoms with van der Waals surface area (Å²) in [7, 11) is 2.10. The maximum absolute atomic E-state index is 14.3. The Kier molecular flexibility index (Phi) is 5.47. The number of likely N-dealkylation sites (N-methyl/N-ethyl adjacent to an activating group) is 1. The topological polar surface area (TPSA) is 105 Å². The summed E-state index contributed by atoms with van der Waals surface area (Å²) in [6.45, 7) is 2.83. The van der Waals surface area contributed by atoms with Crippen LogP contribution in [0.3, 0.4) is 0 Å². The maximum Gasteiger partial charge on any atom is 0.232 e. The first-order valence-electron chi connectivity index (χ1n) is 10.6. The molecule has 3 aromatic rings. The van der Waals surface area contributed by atoms with Crippen molar-refractivity contribution in [2.45, 2.75) is 37.9 Å². The molecule has 11 heteroatoms. The van der Waals surface area contributed by atoms with Gasteiger partial charge in [-0.1, -0.05) is 0 Å². The molecule has 3 N–H and O–H groups in total. The summed E-state index contributed by atoms with van der Waals surface area (Å²) in [4.78, 5) is 11.3. The highest BCUT2D eigenvalue weighted by Crippen LogP contribution is 2.29. The molecule has 0 saturated carbocycles. The van der Waals surface area contributed by atoms with Crippen LogP contribution in [0.2, 0.25) is 0 Å². The minimum Gasteiger partial charge on any atom is -0.469 e. The molecule has 0 aromatic carbocycles. The zero-order valence-electron chi connectivity index (χ0n) is 17.4. The van der Waals surface area contributed by atoms with E-state index in [1.165, 1.54) is 0 Å². The number of hydrogen-bond acceptors (Lipinski definition) is 8. The SMILES string of the molecule is CN1CC[C@@H](n2cc(Nc3nc(O[C@H]4CNCC[C@H]4F)c4ccn(CO)c4n3)cn2)C1. The van der Waals surface area contributed by atoms with Gasteiger partial charge in [0.25, 0.3) is 0 Å². The average molecular weight is 430 g/mol. The van der Waals surface area contributed by atoms with Crippen molar-refractivity contribution in [2.75, 3.05) is 38.5 Å². The number of anilines is 2. The van der Waals surface area contributed by atoms with E-state index in [0.717, 1.165) is 25.2 Å². The van der Waals surface area contributed by atoms with Gasteiger partial charge in [-0.05, 0) is 39.0 Å². The molecule has 5 rings (SSSR count). The molecule has 3 aromatic heterocycles. The predicted molar refractivity (Wildman–Crippen MR) is 113 cm³/mol. The third kappa shape index (κ3) is 4.08. The quantitative estimate of drug-likeness (QED) is 0.537. The maximum atomic E-state index is 14.3. The normalized spacial score (nSPS) is 24.7. The van der Waals surface area contributed by atoms with Gasteiger partial charge < -0.3 is 29.9 Å². The number of rotatable bonds is 6. The molecule has 0 bridgehead atoms. The number of halogens is 1. The van der Waals surface area contributed by atoms with Gasteiger partial charge in [-0.3, -0.25) is 4.68 Å². The highest BCUT2D eigenvalue weighted by atomic mass is 19.1. The van der Waals surface area contributed by atoms with E-state index in [0.29, 0.717) is 48.4 Å². The Hall–Kier alpha value is -2.76. The highest BCUT2D eigenvalue weighted by molar-refractivity contribution is 5.83. The van der Waals surface area contributed by atoms with Crippen LogP contribution < -0.4 is 15.4 Å². The molecule has 0 radical (unpaired) electrons. The van der Waals surface area contributed by atoms with Gasteiger partial charge in [0.05, 0.1) is 23.3 Å². The molecular formula is C20H27FN8O2. The van der Waals surface area contributed by atoms with E-state index in [-0.39, 0.29) is 6.73 Å². The van der Waals surface area contributed by atoms with Gasteiger partial charge in [-0.25, -0.2) is 4.39 Å². The molecule has 166 valence electrons. The standard InChI is InChI=1S/C20H27FN8O2/c1-27-6-3-14(11-27)29-10-13(8-23-29)24-20-25-18-15(4-7-28(18)12-30)19(26-20)31-17-9-22-5-2-16(17)21/h4,7-8,10,14,16-17,22,30H,2-3,5-6,9,11-12H2,1H3,(H,24,25,26)/t14-,16-,17+/m1/s1. The summed E-state index contributed by atoms with van der Waals surface area (Å²) in [5, 5.41) is 21.1. The highest BCUT2D eigenvalue weighted by Gasteiger charge is 2.28. The minimum absolute atomic E-state index is 0.233. The lowest BCUT2D eigenvalue weighted by atomic mass is 10.1. The summed E-state index contributed by atoms with van der Waals surface area (Å²) in [6.07, 6.45) is 5.14. The first kappa shape index (κ1) is 20.2. The predicted octanol–water partition coefficient (Wildman–Crippen LogP) is 1.28. The van der Waals surface area contributed by atoms with Crippen LogP contribution in [0.1, 0.15) is 18.9 Å². The molecule has 31 heavy (non-hydrogen) atoms. The zero-order chi connectivity index (χ0) is 21.4. The van der Waals surface area contributed by atoms with Gasteiger partial charge in [0.2, 0.25) is 11.8 Å². The van der Waals surface area contributed by atoms with E-state index < -0.39 is 12.3 Å². The molecule has 2 fully saturated rings. The number of nitrogens with zero attached hydrogens (tertiary/aromatic N) is 6. The Balaban J connectivity index is 1.42. The third-order valence-electron chi connectivity index (χ3n) is 5.94. The van der Waals surface area contributed by atoms with Crippen molar-refractivity contribution in [3.8, 4) is 5.88 Å². The fraction of sp³-hybridized carbons (Fsp3) is 0.550. The summed E-state index contributed by atoms with van der Waals surface area (Å²) in [6, 6.07) is 2.11. The smallest absolute Gasteiger partial charge is 0.232 e. The number of piperidine rings is 1. The molecule has 5 heterocycles. The van der Waals surface area contributed by atoms with Crippen molar-refractivity contribution in [1.29, 1.82) is 0 Å². The van der Waals surface area contributed by atoms with Crippen LogP contribution in [-0.4, -0.2) is 79.8 Å². The number of nitrogens with one attached hydrogen (secondary N) is 2. The second-order valence-electron chi connectivity index (χ2n) is 8.22. The Morgan fingerprint density at radius 1 is 1.35 bits per heavy atom. The molecule has 10 nitrogen and oxygen atoms in total. The molecule has 3 atom stereocenters. The molecule has 0 amide bonds. The lowest BCUT2D eigenvalue weighted by Crippen LogP contribution is -2.45. The first-order chi connectivity index (χ1) is 15.1. The summed E-state index contributed by atoms with van der Waals surface area (Å²) in [5.41, 5.74) is 1.27. The van der Waals surface area contributed by atoms with Crippen molar-refractivity contribution in [2.24, 2.45) is 0 Å². The average Bonchev–Trinajstić information content (AvgIpc) is 3.49. The molecule has 2 aliphatic heterocycles. The molecular weight excluding hydrogens is 403 g/mol. The summed E-state index contributed by atoms with van der Waals surface area (Å²) in [5.74, 6) is 0.596. The Bertz CT molecular complexity index is 1050. The van der Waals surface area contributed by atoms with E-state index in [1.807, 2.05) is 10.9 Å². The number of ether oxygens (including phenoxy) is 1. The zero-order valence-corrected chi connectivity index (χ0v) is 17.4. The Morgan fingerprint density at radius 3 is 3.03 bits per heavy atom. The van der Waals surface area contributed by atoms with E-state index in [4.69, 9.17) is 4.74 Å². The van der Waals surface area contributed by atoms with E-state index in [9.17, 15) is 9.50 Å². The molecule has 2 aliphatic rings. The van der Waals surface area contributed by atoms with E-state index >= 15 is 0 Å². The van der Waals surface area contributed by atoms with Crippen LogP contribution in [-0.2, 0) is 6.73 Å². The van der Waals surface area contributed by atoms with Crippen LogP contribution >= 0.6 is 0 Å². The van der Waals surface area contributed by atoms with Crippen molar-refractivity contribution < 1.29 is 14.2 Å². The van der Waals surface area contributed by atoms with Gasteiger partial charge >= 0.3 is 0 Å². The molecule has 0 spiro atoms. The van der Waals surface area contributed by atoms with Crippen LogP contribution in [0.5, 0.6) is 5.88 Å². The van der Waals surface area contributed by atoms with E-state index in [1.54, 1.807) is 23.0 Å². The molecule has 0 unspecified atom stereocenters. The van der Waals surface area contributed by atoms with Gasteiger partial charge in [0, 0.05) is 25.5 Å². The summed E-state index contributed by atoms with van der Waals surface area (Å²) < 4.78 is 23.9. The van der Waals surface area contributed by atoms with Gasteiger partial charge in [-0.2, -0.15) is 15.1 Å². The Morgan fingerprint density at radius 2 is 2.26 bits per heavy atom. The number of aliphatic hydroxyl groups is 1. The van der Waals surface area contributed by atoms with Gasteiger partial charge in [-0.15, -0.1) is 0 Å². The van der Waals surface area contributed by atoms with Crippen LogP contribution in [0.4, 0.5) is 16.0 Å². The third-order valence-corrected chi connectivity index (χ3v) is 5.94. The second kappa shape index (κ2) is 8.40. The number of hydrogen-bond donors (Lipinski definition) is 3. The van der Waals surface area contributed by atoms with Crippen molar-refractivity contribution in [1.82, 2.24) is 34.5 Å². The van der Waals surface area contributed by atoms with Crippen LogP contribution in [0, 0.1) is 0 Å². The molecule has 2 saturated heterocycles. The van der Waals surface area contributed by atoms with Crippen molar-refractivity contribution in [3.05, 3.63) is 24.7 Å². The van der Waals surface area contributed by atoms with Gasteiger partial charge in [0.15, 0.2) is 5.65 Å². The minimum atomic E-state index is -1.06.